The Hall–Kier alpha value is -3.01. The second-order valence-electron chi connectivity index (χ2n) is 8.99. The number of hydrogen-bond acceptors (Lipinski definition) is 4. The SMILES string of the molecule is C=CCOc1ccc(C(=O)C=Cc2cc(OC(C)(C)C)cc(OC(C)(C)C)c2)cc1. The van der Waals surface area contributed by atoms with E-state index in [0.717, 1.165) is 5.56 Å². The van der Waals surface area contributed by atoms with Gasteiger partial charge in [-0.25, -0.2) is 0 Å². The molecular weight excluding hydrogens is 376 g/mol. The summed E-state index contributed by atoms with van der Waals surface area (Å²) in [7, 11) is 0. The van der Waals surface area contributed by atoms with Crippen molar-refractivity contribution in [3.63, 3.8) is 0 Å². The molecule has 4 heteroatoms. The first kappa shape index (κ1) is 23.3. The Kier molecular flexibility index (Phi) is 7.49. The number of carbonyl (C=O) groups excluding carboxylic acids is 1. The lowest BCUT2D eigenvalue weighted by Crippen LogP contribution is -2.24. The van der Waals surface area contributed by atoms with Crippen LogP contribution in [0.5, 0.6) is 17.2 Å². The van der Waals surface area contributed by atoms with Gasteiger partial charge < -0.3 is 14.2 Å². The molecule has 0 bridgehead atoms. The Bertz CT molecular complexity index is 860. The van der Waals surface area contributed by atoms with Crippen molar-refractivity contribution < 1.29 is 19.0 Å². The van der Waals surface area contributed by atoms with Crippen molar-refractivity contribution in [1.29, 1.82) is 0 Å². The summed E-state index contributed by atoms with van der Waals surface area (Å²) in [6.45, 7) is 16.0. The van der Waals surface area contributed by atoms with Gasteiger partial charge in [-0.2, -0.15) is 0 Å². The van der Waals surface area contributed by atoms with E-state index in [-0.39, 0.29) is 17.0 Å². The van der Waals surface area contributed by atoms with E-state index in [9.17, 15) is 4.79 Å². The predicted octanol–water partition coefficient (Wildman–Crippen LogP) is 6.50. The lowest BCUT2D eigenvalue weighted by molar-refractivity contribution is 0.104. The van der Waals surface area contributed by atoms with Gasteiger partial charge in [0, 0.05) is 11.6 Å². The maximum atomic E-state index is 12.6. The molecule has 0 aliphatic rings. The fraction of sp³-hybridized carbons (Fsp3) is 0.346. The van der Waals surface area contributed by atoms with E-state index >= 15 is 0 Å². The third kappa shape index (κ3) is 8.16. The van der Waals surface area contributed by atoms with Crippen LogP contribution in [0.2, 0.25) is 0 Å². The Labute approximate surface area is 180 Å². The topological polar surface area (TPSA) is 44.8 Å². The van der Waals surface area contributed by atoms with Gasteiger partial charge in [0.2, 0.25) is 0 Å². The lowest BCUT2D eigenvalue weighted by Gasteiger charge is -2.24. The van der Waals surface area contributed by atoms with Crippen molar-refractivity contribution in [1.82, 2.24) is 0 Å². The number of carbonyl (C=O) groups is 1. The summed E-state index contributed by atoms with van der Waals surface area (Å²) in [5.74, 6) is 2.00. The molecule has 0 radical (unpaired) electrons. The van der Waals surface area contributed by atoms with E-state index in [1.165, 1.54) is 0 Å². The van der Waals surface area contributed by atoms with Crippen molar-refractivity contribution in [3.05, 3.63) is 72.3 Å². The average molecular weight is 409 g/mol. The minimum Gasteiger partial charge on any atom is -0.490 e. The molecule has 0 saturated carbocycles. The summed E-state index contributed by atoms with van der Waals surface area (Å²) in [6.07, 6.45) is 5.00. The van der Waals surface area contributed by atoms with E-state index in [2.05, 4.69) is 6.58 Å². The van der Waals surface area contributed by atoms with Crippen LogP contribution in [-0.2, 0) is 0 Å². The summed E-state index contributed by atoms with van der Waals surface area (Å²) in [4.78, 5) is 12.6. The first-order chi connectivity index (χ1) is 13.9. The summed E-state index contributed by atoms with van der Waals surface area (Å²) >= 11 is 0. The Morgan fingerprint density at radius 2 is 1.40 bits per heavy atom. The monoisotopic (exact) mass is 408 g/mol. The summed E-state index contributed by atoms with van der Waals surface area (Å²) in [6, 6.07) is 12.7. The van der Waals surface area contributed by atoms with Crippen molar-refractivity contribution >= 4 is 11.9 Å². The first-order valence-corrected chi connectivity index (χ1v) is 10.0. The van der Waals surface area contributed by atoms with E-state index in [0.29, 0.717) is 29.4 Å². The van der Waals surface area contributed by atoms with Gasteiger partial charge in [-0.05, 0) is 89.6 Å². The maximum absolute atomic E-state index is 12.6. The molecule has 30 heavy (non-hydrogen) atoms. The van der Waals surface area contributed by atoms with Gasteiger partial charge in [0.25, 0.3) is 0 Å². The van der Waals surface area contributed by atoms with Crippen LogP contribution in [0.25, 0.3) is 6.08 Å². The van der Waals surface area contributed by atoms with Crippen molar-refractivity contribution in [2.45, 2.75) is 52.7 Å². The van der Waals surface area contributed by atoms with Crippen LogP contribution < -0.4 is 14.2 Å². The van der Waals surface area contributed by atoms with Crippen LogP contribution in [-0.4, -0.2) is 23.6 Å². The zero-order chi connectivity index (χ0) is 22.4. The van der Waals surface area contributed by atoms with Gasteiger partial charge in [0.05, 0.1) is 0 Å². The van der Waals surface area contributed by atoms with Crippen LogP contribution in [0.1, 0.15) is 57.5 Å². The number of hydrogen-bond donors (Lipinski definition) is 0. The van der Waals surface area contributed by atoms with Crippen LogP contribution in [0.4, 0.5) is 0 Å². The number of ether oxygens (including phenoxy) is 3. The Morgan fingerprint density at radius 1 is 0.867 bits per heavy atom. The lowest BCUT2D eigenvalue weighted by atomic mass is 10.1. The normalized spacial score (nSPS) is 11.9. The molecule has 0 aromatic heterocycles. The molecule has 0 unspecified atom stereocenters. The van der Waals surface area contributed by atoms with Crippen molar-refractivity contribution in [2.24, 2.45) is 0 Å². The number of benzene rings is 2. The molecule has 0 heterocycles. The van der Waals surface area contributed by atoms with Crippen LogP contribution >= 0.6 is 0 Å². The highest BCUT2D eigenvalue weighted by molar-refractivity contribution is 6.06. The molecule has 2 rings (SSSR count). The second-order valence-corrected chi connectivity index (χ2v) is 8.99. The fourth-order valence-corrected chi connectivity index (χ4v) is 2.65. The van der Waals surface area contributed by atoms with Crippen molar-refractivity contribution in [3.8, 4) is 17.2 Å². The number of rotatable bonds is 8. The molecule has 0 spiro atoms. The summed E-state index contributed by atoms with van der Waals surface area (Å²) in [5, 5.41) is 0. The smallest absolute Gasteiger partial charge is 0.185 e. The zero-order valence-electron chi connectivity index (χ0n) is 18.8. The maximum Gasteiger partial charge on any atom is 0.185 e. The first-order valence-electron chi connectivity index (χ1n) is 10.0. The highest BCUT2D eigenvalue weighted by Crippen LogP contribution is 2.29. The quantitative estimate of drug-likeness (QED) is 0.284. The standard InChI is InChI=1S/C26H32O4/c1-8-15-28-21-12-10-20(11-13-21)24(27)14-9-19-16-22(29-25(2,3)4)18-23(17-19)30-26(5,6)7/h8-14,16-18H,1,15H2,2-7H3. The third-order valence-electron chi connectivity index (χ3n) is 3.68. The van der Waals surface area contributed by atoms with Crippen LogP contribution in [0.15, 0.2) is 61.2 Å². The molecule has 160 valence electrons. The van der Waals surface area contributed by atoms with Gasteiger partial charge in [-0.1, -0.05) is 18.7 Å². The van der Waals surface area contributed by atoms with Crippen molar-refractivity contribution in [2.75, 3.05) is 6.61 Å². The third-order valence-corrected chi connectivity index (χ3v) is 3.68. The highest BCUT2D eigenvalue weighted by atomic mass is 16.5. The molecule has 0 fully saturated rings. The minimum atomic E-state index is -0.341. The predicted molar refractivity (Wildman–Crippen MR) is 123 cm³/mol. The number of ketones is 1. The van der Waals surface area contributed by atoms with Gasteiger partial charge >= 0.3 is 0 Å². The van der Waals surface area contributed by atoms with Crippen LogP contribution in [0, 0.1) is 0 Å². The minimum absolute atomic E-state index is 0.0919. The van der Waals surface area contributed by atoms with E-state index in [4.69, 9.17) is 14.2 Å². The Balaban J connectivity index is 2.23. The van der Waals surface area contributed by atoms with Gasteiger partial charge in [-0.15, -0.1) is 0 Å². The van der Waals surface area contributed by atoms with Gasteiger partial charge in [0.1, 0.15) is 35.1 Å². The van der Waals surface area contributed by atoms with Gasteiger partial charge in [0.15, 0.2) is 5.78 Å². The molecule has 0 saturated heterocycles. The molecule has 0 N–H and O–H groups in total. The highest BCUT2D eigenvalue weighted by Gasteiger charge is 2.16. The largest absolute Gasteiger partial charge is 0.490 e. The molecule has 0 amide bonds. The molecule has 2 aromatic rings. The van der Waals surface area contributed by atoms with Crippen LogP contribution in [0.3, 0.4) is 0 Å². The fourth-order valence-electron chi connectivity index (χ4n) is 2.65. The number of allylic oxidation sites excluding steroid dienone is 1. The summed E-state index contributed by atoms with van der Waals surface area (Å²) in [5.41, 5.74) is 0.736. The molecular formula is C26H32O4. The Morgan fingerprint density at radius 3 is 1.87 bits per heavy atom. The molecule has 2 aromatic carbocycles. The van der Waals surface area contributed by atoms with E-state index < -0.39 is 0 Å². The zero-order valence-corrected chi connectivity index (χ0v) is 18.8. The van der Waals surface area contributed by atoms with E-state index in [1.807, 2.05) is 59.7 Å². The molecule has 0 atom stereocenters. The summed E-state index contributed by atoms with van der Waals surface area (Å²) < 4.78 is 17.5. The second kappa shape index (κ2) is 9.66. The van der Waals surface area contributed by atoms with E-state index in [1.54, 1.807) is 42.5 Å². The molecule has 0 aliphatic heterocycles. The molecule has 0 aliphatic carbocycles. The van der Waals surface area contributed by atoms with Gasteiger partial charge in [-0.3, -0.25) is 4.79 Å². The molecule has 4 nitrogen and oxygen atoms in total. The average Bonchev–Trinajstić information content (AvgIpc) is 2.62.